The second-order valence-corrected chi connectivity index (χ2v) is 4.38. The Morgan fingerprint density at radius 3 is 2.43 bits per heavy atom. The highest BCUT2D eigenvalue weighted by Gasteiger charge is 2.30. The number of benzene rings is 2. The molecule has 0 heterocycles. The summed E-state index contributed by atoms with van der Waals surface area (Å²) in [6.45, 7) is -0.345. The van der Waals surface area contributed by atoms with Gasteiger partial charge in [0, 0.05) is 0 Å². The van der Waals surface area contributed by atoms with E-state index in [0.717, 1.165) is 12.1 Å². The predicted molar refractivity (Wildman–Crippen MR) is 68.3 cm³/mol. The molecular formula is C15H12F4O2. The number of hydrogen-bond acceptors (Lipinski definition) is 2. The minimum Gasteiger partial charge on any atom is -0.487 e. The summed E-state index contributed by atoms with van der Waals surface area (Å²) in [6, 6.07) is 9.89. The summed E-state index contributed by atoms with van der Waals surface area (Å²) in [4.78, 5) is 0. The summed E-state index contributed by atoms with van der Waals surface area (Å²) < 4.78 is 56.1. The quantitative estimate of drug-likeness (QED) is 0.866. The molecule has 2 nitrogen and oxygen atoms in total. The fourth-order valence-corrected chi connectivity index (χ4v) is 1.75. The third-order valence-electron chi connectivity index (χ3n) is 2.83. The average molecular weight is 300 g/mol. The zero-order chi connectivity index (χ0) is 15.5. The largest absolute Gasteiger partial charge is 0.487 e. The van der Waals surface area contributed by atoms with Crippen LogP contribution in [0, 0.1) is 5.82 Å². The summed E-state index contributed by atoms with van der Waals surface area (Å²) >= 11 is 0. The lowest BCUT2D eigenvalue weighted by atomic mass is 10.1. The highest BCUT2D eigenvalue weighted by atomic mass is 19.4. The molecule has 0 radical (unpaired) electrons. The number of para-hydroxylation sites is 1. The summed E-state index contributed by atoms with van der Waals surface area (Å²) in [7, 11) is 0. The van der Waals surface area contributed by atoms with Crippen LogP contribution in [-0.4, -0.2) is 11.7 Å². The van der Waals surface area contributed by atoms with Crippen molar-refractivity contribution >= 4 is 0 Å². The second-order valence-electron chi connectivity index (χ2n) is 4.38. The van der Waals surface area contributed by atoms with Gasteiger partial charge in [-0.15, -0.1) is 0 Å². The Morgan fingerprint density at radius 1 is 1.05 bits per heavy atom. The number of halogens is 4. The summed E-state index contributed by atoms with van der Waals surface area (Å²) in [5, 5.41) is 9.85. The average Bonchev–Trinajstić information content (AvgIpc) is 2.45. The first-order chi connectivity index (χ1) is 9.88. The van der Waals surface area contributed by atoms with Gasteiger partial charge in [0.15, 0.2) is 11.6 Å². The van der Waals surface area contributed by atoms with Crippen molar-refractivity contribution < 1.29 is 27.4 Å². The zero-order valence-corrected chi connectivity index (χ0v) is 10.8. The summed E-state index contributed by atoms with van der Waals surface area (Å²) in [5.74, 6) is -0.669. The van der Waals surface area contributed by atoms with Gasteiger partial charge < -0.3 is 9.84 Å². The minimum absolute atomic E-state index is 0.0566. The van der Waals surface area contributed by atoms with Crippen LogP contribution in [-0.2, 0) is 6.18 Å². The van der Waals surface area contributed by atoms with Gasteiger partial charge in [0.1, 0.15) is 12.7 Å². The molecule has 6 heteroatoms. The Bertz CT molecular complexity index is 611. The van der Waals surface area contributed by atoms with Gasteiger partial charge in [0.25, 0.3) is 0 Å². The maximum Gasteiger partial charge on any atom is 0.416 e. The third kappa shape index (κ3) is 3.95. The SMILES string of the molecule is OC(COc1ccccc1F)c1cccc(C(F)(F)F)c1. The van der Waals surface area contributed by atoms with Crippen molar-refractivity contribution in [3.63, 3.8) is 0 Å². The highest BCUT2D eigenvalue weighted by molar-refractivity contribution is 5.28. The topological polar surface area (TPSA) is 29.5 Å². The number of hydrogen-bond donors (Lipinski definition) is 1. The van der Waals surface area contributed by atoms with E-state index >= 15 is 0 Å². The maximum absolute atomic E-state index is 13.3. The summed E-state index contributed by atoms with van der Waals surface area (Å²) in [5.41, 5.74) is -0.800. The molecule has 0 aliphatic carbocycles. The molecule has 0 aromatic heterocycles. The fourth-order valence-electron chi connectivity index (χ4n) is 1.75. The molecular weight excluding hydrogens is 288 g/mol. The van der Waals surface area contributed by atoms with Crippen molar-refractivity contribution in [3.8, 4) is 5.75 Å². The normalized spacial score (nSPS) is 13.0. The minimum atomic E-state index is -4.48. The molecule has 2 aromatic carbocycles. The molecule has 0 bridgehead atoms. The molecule has 0 aliphatic rings. The van der Waals surface area contributed by atoms with Crippen molar-refractivity contribution in [2.75, 3.05) is 6.61 Å². The van der Waals surface area contributed by atoms with Crippen LogP contribution in [0.2, 0.25) is 0 Å². The van der Waals surface area contributed by atoms with Crippen molar-refractivity contribution in [1.82, 2.24) is 0 Å². The van der Waals surface area contributed by atoms with E-state index in [9.17, 15) is 22.7 Å². The number of aliphatic hydroxyl groups excluding tert-OH is 1. The van der Waals surface area contributed by atoms with Crippen LogP contribution in [0.25, 0.3) is 0 Å². The van der Waals surface area contributed by atoms with Crippen molar-refractivity contribution in [2.24, 2.45) is 0 Å². The Hall–Kier alpha value is -2.08. The van der Waals surface area contributed by atoms with Crippen LogP contribution < -0.4 is 4.74 Å². The van der Waals surface area contributed by atoms with Gasteiger partial charge in [-0.2, -0.15) is 13.2 Å². The van der Waals surface area contributed by atoms with Gasteiger partial charge in [-0.05, 0) is 29.8 Å². The lowest BCUT2D eigenvalue weighted by Crippen LogP contribution is -2.12. The van der Waals surface area contributed by atoms with E-state index < -0.39 is 23.7 Å². The van der Waals surface area contributed by atoms with E-state index in [0.29, 0.717) is 0 Å². The van der Waals surface area contributed by atoms with Crippen LogP contribution in [0.3, 0.4) is 0 Å². The van der Waals surface area contributed by atoms with Gasteiger partial charge in [-0.1, -0.05) is 24.3 Å². The van der Waals surface area contributed by atoms with Gasteiger partial charge in [0.05, 0.1) is 5.56 Å². The maximum atomic E-state index is 13.3. The molecule has 2 rings (SSSR count). The molecule has 1 atom stereocenters. The highest BCUT2D eigenvalue weighted by Crippen LogP contribution is 2.31. The van der Waals surface area contributed by atoms with Crippen LogP contribution in [0.1, 0.15) is 17.2 Å². The van der Waals surface area contributed by atoms with E-state index in [1.165, 1.54) is 30.3 Å². The van der Waals surface area contributed by atoms with E-state index in [-0.39, 0.29) is 17.9 Å². The Labute approximate surface area is 118 Å². The Morgan fingerprint density at radius 2 is 1.76 bits per heavy atom. The first-order valence-corrected chi connectivity index (χ1v) is 6.10. The number of rotatable bonds is 4. The van der Waals surface area contributed by atoms with Gasteiger partial charge in [0.2, 0.25) is 0 Å². The van der Waals surface area contributed by atoms with Crippen LogP contribution in [0.5, 0.6) is 5.75 Å². The van der Waals surface area contributed by atoms with Gasteiger partial charge in [-0.3, -0.25) is 0 Å². The first-order valence-electron chi connectivity index (χ1n) is 6.10. The van der Waals surface area contributed by atoms with E-state index in [1.54, 1.807) is 6.07 Å². The molecule has 0 saturated heterocycles. The molecule has 21 heavy (non-hydrogen) atoms. The molecule has 0 amide bonds. The molecule has 0 saturated carbocycles. The van der Waals surface area contributed by atoms with E-state index in [4.69, 9.17) is 4.74 Å². The first kappa shape index (κ1) is 15.3. The molecule has 1 N–H and O–H groups in total. The number of aliphatic hydroxyl groups is 1. The molecule has 0 aliphatic heterocycles. The van der Waals surface area contributed by atoms with E-state index in [1.807, 2.05) is 0 Å². The number of ether oxygens (including phenoxy) is 1. The van der Waals surface area contributed by atoms with Crippen molar-refractivity contribution in [3.05, 3.63) is 65.5 Å². The van der Waals surface area contributed by atoms with Gasteiger partial charge >= 0.3 is 6.18 Å². The number of alkyl halides is 3. The zero-order valence-electron chi connectivity index (χ0n) is 10.8. The Balaban J connectivity index is 2.07. The molecule has 2 aromatic rings. The lowest BCUT2D eigenvalue weighted by molar-refractivity contribution is -0.137. The van der Waals surface area contributed by atoms with Gasteiger partial charge in [-0.25, -0.2) is 4.39 Å². The fraction of sp³-hybridized carbons (Fsp3) is 0.200. The van der Waals surface area contributed by atoms with Crippen LogP contribution in [0.4, 0.5) is 17.6 Å². The molecule has 1 unspecified atom stereocenters. The molecule has 0 fully saturated rings. The van der Waals surface area contributed by atoms with Crippen LogP contribution in [0.15, 0.2) is 48.5 Å². The van der Waals surface area contributed by atoms with E-state index in [2.05, 4.69) is 0 Å². The van der Waals surface area contributed by atoms with Crippen LogP contribution >= 0.6 is 0 Å². The molecule has 0 spiro atoms. The van der Waals surface area contributed by atoms with Crippen molar-refractivity contribution in [1.29, 1.82) is 0 Å². The smallest absolute Gasteiger partial charge is 0.416 e. The second kappa shape index (κ2) is 6.13. The third-order valence-corrected chi connectivity index (χ3v) is 2.83. The summed E-state index contributed by atoms with van der Waals surface area (Å²) in [6.07, 6.45) is -5.77. The Kier molecular flexibility index (Phi) is 4.47. The standard InChI is InChI=1S/C15H12F4O2/c16-12-6-1-2-7-14(12)21-9-13(20)10-4-3-5-11(8-10)15(17,18)19/h1-8,13,20H,9H2. The lowest BCUT2D eigenvalue weighted by Gasteiger charge is -2.15. The van der Waals surface area contributed by atoms with Crippen molar-refractivity contribution in [2.45, 2.75) is 12.3 Å². The monoisotopic (exact) mass is 300 g/mol. The predicted octanol–water partition coefficient (Wildman–Crippen LogP) is 3.96. The molecule has 112 valence electrons.